The van der Waals surface area contributed by atoms with Crippen molar-refractivity contribution in [3.05, 3.63) is 53.7 Å². The fourth-order valence-corrected chi connectivity index (χ4v) is 3.71. The summed E-state index contributed by atoms with van der Waals surface area (Å²) in [5.41, 5.74) is 0.990. The van der Waals surface area contributed by atoms with Crippen molar-refractivity contribution in [3.63, 3.8) is 0 Å². The largest absolute Gasteiger partial charge is 0.455 e. The number of halogens is 1. The fraction of sp³-hybridized carbons (Fsp3) is 0.450. The molecule has 2 aromatic rings. The first-order valence-electron chi connectivity index (χ1n) is 9.30. The molecule has 0 N–H and O–H groups in total. The van der Waals surface area contributed by atoms with Crippen LogP contribution in [-0.2, 0) is 6.54 Å². The molecule has 0 aliphatic carbocycles. The highest BCUT2D eigenvalue weighted by Crippen LogP contribution is 2.20. The molecule has 0 unspecified atom stereocenters. The number of anilines is 1. The minimum Gasteiger partial charge on any atom is -0.455 e. The van der Waals surface area contributed by atoms with E-state index in [2.05, 4.69) is 9.80 Å². The summed E-state index contributed by atoms with van der Waals surface area (Å²) in [5.74, 6) is 1.01. The lowest BCUT2D eigenvalue weighted by atomic mass is 10.2. The predicted octanol–water partition coefficient (Wildman–Crippen LogP) is 2.98. The van der Waals surface area contributed by atoms with Crippen molar-refractivity contribution in [1.82, 2.24) is 9.80 Å². The van der Waals surface area contributed by atoms with Gasteiger partial charge < -0.3 is 14.2 Å². The van der Waals surface area contributed by atoms with Crippen molar-refractivity contribution in [1.29, 1.82) is 0 Å². The number of carbonyl (C=O) groups excluding carboxylic acids is 1. The van der Waals surface area contributed by atoms with Crippen molar-refractivity contribution >= 4 is 11.6 Å². The topological polar surface area (TPSA) is 39.9 Å². The molecule has 0 radical (unpaired) electrons. The molecule has 0 bridgehead atoms. The van der Waals surface area contributed by atoms with E-state index in [1.165, 1.54) is 25.0 Å². The Hall–Kier alpha value is -2.34. The summed E-state index contributed by atoms with van der Waals surface area (Å²) in [6, 6.07) is 10.2. The van der Waals surface area contributed by atoms with Crippen LogP contribution in [0, 0.1) is 5.82 Å². The van der Waals surface area contributed by atoms with Gasteiger partial charge in [0.2, 0.25) is 0 Å². The van der Waals surface area contributed by atoms with E-state index in [1.807, 2.05) is 11.0 Å². The van der Waals surface area contributed by atoms with Crippen molar-refractivity contribution in [2.75, 3.05) is 44.2 Å². The number of rotatable bonds is 4. The van der Waals surface area contributed by atoms with E-state index < -0.39 is 0 Å². The third kappa shape index (κ3) is 3.75. The second kappa shape index (κ2) is 7.50. The highest BCUT2D eigenvalue weighted by Gasteiger charge is 2.25. The number of likely N-dealkylation sites (tertiary alicyclic amines) is 1. The number of carbonyl (C=O) groups is 1. The molecule has 0 atom stereocenters. The van der Waals surface area contributed by atoms with Crippen LogP contribution < -0.4 is 4.90 Å². The Morgan fingerprint density at radius 3 is 2.31 bits per heavy atom. The van der Waals surface area contributed by atoms with Gasteiger partial charge in [-0.15, -0.1) is 0 Å². The monoisotopic (exact) mass is 357 g/mol. The van der Waals surface area contributed by atoms with Gasteiger partial charge in [-0.25, -0.2) is 4.39 Å². The summed E-state index contributed by atoms with van der Waals surface area (Å²) in [5, 5.41) is 0. The highest BCUT2D eigenvalue weighted by atomic mass is 19.1. The molecule has 0 spiro atoms. The second-order valence-electron chi connectivity index (χ2n) is 7.00. The van der Waals surface area contributed by atoms with Gasteiger partial charge in [0.25, 0.3) is 5.91 Å². The Bertz CT molecular complexity index is 745. The van der Waals surface area contributed by atoms with E-state index in [-0.39, 0.29) is 11.7 Å². The van der Waals surface area contributed by atoms with Gasteiger partial charge >= 0.3 is 0 Å². The molecule has 2 saturated heterocycles. The first kappa shape index (κ1) is 17.1. The molecule has 2 aliphatic rings. The van der Waals surface area contributed by atoms with Crippen LogP contribution in [0.2, 0.25) is 0 Å². The molecule has 0 saturated carbocycles. The normalized spacial score (nSPS) is 18.5. The van der Waals surface area contributed by atoms with Crippen LogP contribution in [0.15, 0.2) is 40.8 Å². The van der Waals surface area contributed by atoms with E-state index in [4.69, 9.17) is 4.42 Å². The van der Waals surface area contributed by atoms with E-state index in [0.29, 0.717) is 18.8 Å². The molecule has 138 valence electrons. The van der Waals surface area contributed by atoms with Gasteiger partial charge in [0.15, 0.2) is 5.76 Å². The maximum atomic E-state index is 13.1. The van der Waals surface area contributed by atoms with Gasteiger partial charge in [-0.1, -0.05) is 0 Å². The lowest BCUT2D eigenvalue weighted by Gasteiger charge is -2.35. The smallest absolute Gasteiger partial charge is 0.289 e. The fourth-order valence-electron chi connectivity index (χ4n) is 3.71. The van der Waals surface area contributed by atoms with Gasteiger partial charge in [0.05, 0.1) is 6.54 Å². The highest BCUT2D eigenvalue weighted by molar-refractivity contribution is 5.91. The molecule has 26 heavy (non-hydrogen) atoms. The zero-order valence-corrected chi connectivity index (χ0v) is 14.9. The molecule has 6 heteroatoms. The first-order valence-corrected chi connectivity index (χ1v) is 9.30. The molecule has 4 rings (SSSR count). The number of piperazine rings is 1. The van der Waals surface area contributed by atoms with Crippen molar-refractivity contribution < 1.29 is 13.6 Å². The summed E-state index contributed by atoms with van der Waals surface area (Å²) in [4.78, 5) is 19.0. The number of hydrogen-bond acceptors (Lipinski definition) is 4. The lowest BCUT2D eigenvalue weighted by molar-refractivity contribution is 0.0711. The molecule has 2 fully saturated rings. The van der Waals surface area contributed by atoms with Crippen molar-refractivity contribution in [2.45, 2.75) is 19.4 Å². The maximum absolute atomic E-state index is 13.1. The molecule has 1 amide bonds. The van der Waals surface area contributed by atoms with Crippen molar-refractivity contribution in [2.24, 2.45) is 0 Å². The Balaban J connectivity index is 1.33. The predicted molar refractivity (Wildman–Crippen MR) is 97.7 cm³/mol. The summed E-state index contributed by atoms with van der Waals surface area (Å²) in [6.45, 7) is 5.74. The van der Waals surface area contributed by atoms with E-state index in [0.717, 1.165) is 44.2 Å². The van der Waals surface area contributed by atoms with Crippen molar-refractivity contribution in [3.8, 4) is 0 Å². The van der Waals surface area contributed by atoms with Crippen LogP contribution in [0.5, 0.6) is 0 Å². The Kier molecular flexibility index (Phi) is 4.93. The van der Waals surface area contributed by atoms with Gasteiger partial charge in [0, 0.05) is 31.9 Å². The third-order valence-corrected chi connectivity index (χ3v) is 5.21. The second-order valence-corrected chi connectivity index (χ2v) is 7.00. The third-order valence-electron chi connectivity index (χ3n) is 5.21. The SMILES string of the molecule is O=C(c1ccc(CN2CCCC2)o1)N1CCN(c2ccc(F)cc2)CC1. The van der Waals surface area contributed by atoms with E-state index >= 15 is 0 Å². The average molecular weight is 357 g/mol. The molecular weight excluding hydrogens is 333 g/mol. The number of nitrogens with zero attached hydrogens (tertiary/aromatic N) is 3. The van der Waals surface area contributed by atoms with Crippen LogP contribution in [0.3, 0.4) is 0 Å². The van der Waals surface area contributed by atoms with E-state index in [1.54, 1.807) is 18.2 Å². The Morgan fingerprint density at radius 1 is 0.923 bits per heavy atom. The first-order chi connectivity index (χ1) is 12.7. The Labute approximate surface area is 153 Å². The van der Waals surface area contributed by atoms with Crippen LogP contribution in [0.25, 0.3) is 0 Å². The van der Waals surface area contributed by atoms with Gasteiger partial charge in [-0.05, 0) is 62.3 Å². The maximum Gasteiger partial charge on any atom is 0.289 e. The number of amides is 1. The standard InChI is InChI=1S/C20H24FN3O2/c21-16-3-5-17(6-4-16)23-11-13-24(14-12-23)20(25)19-8-7-18(26-19)15-22-9-1-2-10-22/h3-8H,1-2,9-15H2. The summed E-state index contributed by atoms with van der Waals surface area (Å²) >= 11 is 0. The summed E-state index contributed by atoms with van der Waals surface area (Å²) in [6.07, 6.45) is 2.48. The Morgan fingerprint density at radius 2 is 1.62 bits per heavy atom. The van der Waals surface area contributed by atoms with Crippen LogP contribution in [0.1, 0.15) is 29.2 Å². The number of benzene rings is 1. The minimum atomic E-state index is -0.231. The zero-order valence-electron chi connectivity index (χ0n) is 14.9. The minimum absolute atomic E-state index is 0.0450. The zero-order chi connectivity index (χ0) is 17.9. The molecule has 1 aromatic carbocycles. The quantitative estimate of drug-likeness (QED) is 0.843. The summed E-state index contributed by atoms with van der Waals surface area (Å²) in [7, 11) is 0. The lowest BCUT2D eigenvalue weighted by Crippen LogP contribution is -2.48. The van der Waals surface area contributed by atoms with Gasteiger partial charge in [-0.2, -0.15) is 0 Å². The molecule has 2 aliphatic heterocycles. The van der Waals surface area contributed by atoms with Crippen LogP contribution >= 0.6 is 0 Å². The molecular formula is C20H24FN3O2. The average Bonchev–Trinajstić information content (AvgIpc) is 3.35. The van der Waals surface area contributed by atoms with Gasteiger partial charge in [0.1, 0.15) is 11.6 Å². The number of furan rings is 1. The van der Waals surface area contributed by atoms with Crippen LogP contribution in [0.4, 0.5) is 10.1 Å². The van der Waals surface area contributed by atoms with Gasteiger partial charge in [-0.3, -0.25) is 9.69 Å². The molecule has 1 aromatic heterocycles. The van der Waals surface area contributed by atoms with Crippen LogP contribution in [-0.4, -0.2) is 55.0 Å². The molecule has 3 heterocycles. The summed E-state index contributed by atoms with van der Waals surface area (Å²) < 4.78 is 18.9. The van der Waals surface area contributed by atoms with E-state index in [9.17, 15) is 9.18 Å². The molecule has 5 nitrogen and oxygen atoms in total. The number of hydrogen-bond donors (Lipinski definition) is 0.